The van der Waals surface area contributed by atoms with E-state index in [0.717, 1.165) is 12.1 Å². The van der Waals surface area contributed by atoms with E-state index in [-0.39, 0.29) is 23.8 Å². The van der Waals surface area contributed by atoms with Gasteiger partial charge >= 0.3 is 6.18 Å². The second-order valence-corrected chi connectivity index (χ2v) is 8.53. The van der Waals surface area contributed by atoms with E-state index in [0.29, 0.717) is 23.2 Å². The number of nitrogens with zero attached hydrogens (tertiary/aromatic N) is 1. The number of hydrogen-bond acceptors (Lipinski definition) is 4. The van der Waals surface area contributed by atoms with Gasteiger partial charge in [0.1, 0.15) is 6.04 Å². The third kappa shape index (κ3) is 4.19. The van der Waals surface area contributed by atoms with E-state index in [1.807, 2.05) is 0 Å². The molecule has 2 aliphatic heterocycles. The molecule has 2 N–H and O–H groups in total. The maximum Gasteiger partial charge on any atom is 0.416 e. The van der Waals surface area contributed by atoms with Crippen molar-refractivity contribution in [3.8, 4) is 11.1 Å². The van der Waals surface area contributed by atoms with Crippen LogP contribution in [0.3, 0.4) is 0 Å². The van der Waals surface area contributed by atoms with Gasteiger partial charge in [-0.2, -0.15) is 24.9 Å². The number of carbonyl (C=O) groups is 3. The molecule has 168 valence electrons. The van der Waals surface area contributed by atoms with E-state index in [1.165, 1.54) is 40.9 Å². The van der Waals surface area contributed by atoms with Crippen molar-refractivity contribution in [2.75, 3.05) is 23.9 Å². The van der Waals surface area contributed by atoms with Crippen LogP contribution in [0.5, 0.6) is 0 Å². The van der Waals surface area contributed by atoms with Crippen molar-refractivity contribution in [1.82, 2.24) is 10.2 Å². The van der Waals surface area contributed by atoms with Crippen molar-refractivity contribution < 1.29 is 27.6 Å². The van der Waals surface area contributed by atoms with Crippen LogP contribution in [-0.4, -0.2) is 53.3 Å². The largest absolute Gasteiger partial charge is 0.416 e. The van der Waals surface area contributed by atoms with Crippen LogP contribution in [0, 0.1) is 0 Å². The highest BCUT2D eigenvalue weighted by atomic mass is 32.2. The predicted molar refractivity (Wildman–Crippen MR) is 115 cm³/mol. The lowest BCUT2D eigenvalue weighted by molar-refractivity contribution is -0.137. The molecule has 3 amide bonds. The summed E-state index contributed by atoms with van der Waals surface area (Å²) in [4.78, 5) is 39.6. The average Bonchev–Trinajstić information content (AvgIpc) is 3.12. The molecule has 2 unspecified atom stereocenters. The van der Waals surface area contributed by atoms with Crippen molar-refractivity contribution >= 4 is 35.2 Å². The van der Waals surface area contributed by atoms with Crippen LogP contribution in [0.1, 0.15) is 22.3 Å². The molecule has 2 heterocycles. The van der Waals surface area contributed by atoms with Crippen molar-refractivity contribution in [3.63, 3.8) is 0 Å². The molecule has 2 aliphatic rings. The zero-order valence-corrected chi connectivity index (χ0v) is 17.8. The number of nitrogens with one attached hydrogen (secondary N) is 2. The molecule has 32 heavy (non-hydrogen) atoms. The van der Waals surface area contributed by atoms with Crippen molar-refractivity contribution in [1.29, 1.82) is 0 Å². The summed E-state index contributed by atoms with van der Waals surface area (Å²) >= 11 is 1.36. The van der Waals surface area contributed by atoms with Crippen LogP contribution in [0.25, 0.3) is 11.1 Å². The third-order valence-electron chi connectivity index (χ3n) is 5.58. The third-order valence-corrected chi connectivity index (χ3v) is 6.13. The Morgan fingerprint density at radius 2 is 1.94 bits per heavy atom. The maximum absolute atomic E-state index is 13.3. The zero-order valence-electron chi connectivity index (χ0n) is 17.0. The number of hydrogen-bond donors (Lipinski definition) is 2. The van der Waals surface area contributed by atoms with Gasteiger partial charge in [-0.15, -0.1) is 0 Å². The summed E-state index contributed by atoms with van der Waals surface area (Å²) in [7, 11) is 0. The average molecular weight is 463 g/mol. The van der Waals surface area contributed by atoms with Gasteiger partial charge in [-0.25, -0.2) is 0 Å². The maximum atomic E-state index is 13.3. The Morgan fingerprint density at radius 1 is 1.19 bits per heavy atom. The predicted octanol–water partition coefficient (Wildman–Crippen LogP) is 3.39. The van der Waals surface area contributed by atoms with Crippen LogP contribution in [0.2, 0.25) is 0 Å². The Balaban J connectivity index is 1.66. The van der Waals surface area contributed by atoms with Crippen LogP contribution in [0.4, 0.5) is 18.9 Å². The standard InChI is InChI=1S/C22H20F3N3O3S/c1-32-11-18(29)26-17-7-8-28-19(17)20(30)27-16-6-5-13(10-15(16)21(28)31)12-3-2-4-14(9-12)22(23,24)25/h2-6,9-10,17,19H,7-8,11H2,1H3,(H,26,29)(H,27,30). The fourth-order valence-corrected chi connectivity index (χ4v) is 4.47. The molecule has 2 atom stereocenters. The van der Waals surface area contributed by atoms with E-state index >= 15 is 0 Å². The molecule has 0 aliphatic carbocycles. The van der Waals surface area contributed by atoms with E-state index in [4.69, 9.17) is 0 Å². The van der Waals surface area contributed by atoms with E-state index in [1.54, 1.807) is 12.3 Å². The van der Waals surface area contributed by atoms with E-state index < -0.39 is 35.6 Å². The SMILES string of the molecule is CSCC(=O)NC1CCN2C(=O)c3cc(-c4cccc(C(F)(F)F)c4)ccc3NC(=O)C12. The minimum absolute atomic E-state index is 0.201. The fourth-order valence-electron chi connectivity index (χ4n) is 4.12. The number of anilines is 1. The molecule has 1 saturated heterocycles. The minimum Gasteiger partial charge on any atom is -0.350 e. The summed E-state index contributed by atoms with van der Waals surface area (Å²) < 4.78 is 39.3. The Bertz CT molecular complexity index is 1090. The Hall–Kier alpha value is -3.01. The molecule has 2 aromatic rings. The molecule has 10 heteroatoms. The monoisotopic (exact) mass is 463 g/mol. The zero-order chi connectivity index (χ0) is 23.0. The molecular weight excluding hydrogens is 443 g/mol. The number of rotatable bonds is 4. The smallest absolute Gasteiger partial charge is 0.350 e. The van der Waals surface area contributed by atoms with Crippen LogP contribution >= 0.6 is 11.8 Å². The molecule has 4 rings (SSSR count). The number of amides is 3. The number of benzene rings is 2. The lowest BCUT2D eigenvalue weighted by Gasteiger charge is -2.24. The molecule has 6 nitrogen and oxygen atoms in total. The van der Waals surface area contributed by atoms with E-state index in [9.17, 15) is 27.6 Å². The number of fused-ring (bicyclic) bond motifs is 2. The summed E-state index contributed by atoms with van der Waals surface area (Å²) in [5.74, 6) is -0.771. The van der Waals surface area contributed by atoms with Gasteiger partial charge in [0, 0.05) is 6.54 Å². The first kappa shape index (κ1) is 22.2. The quantitative estimate of drug-likeness (QED) is 0.729. The van der Waals surface area contributed by atoms with Gasteiger partial charge < -0.3 is 15.5 Å². The highest BCUT2D eigenvalue weighted by molar-refractivity contribution is 7.99. The Labute approximate surface area is 186 Å². The topological polar surface area (TPSA) is 78.5 Å². The molecule has 0 aromatic heterocycles. The van der Waals surface area contributed by atoms with Gasteiger partial charge in [-0.1, -0.05) is 18.2 Å². The van der Waals surface area contributed by atoms with E-state index in [2.05, 4.69) is 10.6 Å². The van der Waals surface area contributed by atoms with Gasteiger partial charge in [-0.3, -0.25) is 14.4 Å². The molecule has 1 fully saturated rings. The first-order valence-corrected chi connectivity index (χ1v) is 11.3. The number of thioether (sulfide) groups is 1. The lowest BCUT2D eigenvalue weighted by atomic mass is 9.99. The van der Waals surface area contributed by atoms with Gasteiger partial charge in [0.05, 0.1) is 28.6 Å². The number of alkyl halides is 3. The van der Waals surface area contributed by atoms with Gasteiger partial charge in [0.15, 0.2) is 0 Å². The normalized spacial score (nSPS) is 20.3. The fraction of sp³-hybridized carbons (Fsp3) is 0.318. The summed E-state index contributed by atoms with van der Waals surface area (Å²) in [5, 5.41) is 5.56. The second-order valence-electron chi connectivity index (χ2n) is 7.67. The highest BCUT2D eigenvalue weighted by Crippen LogP contribution is 2.35. The molecule has 0 saturated carbocycles. The molecule has 0 radical (unpaired) electrons. The molecule has 2 aromatic carbocycles. The summed E-state index contributed by atoms with van der Waals surface area (Å²) in [6.07, 6.45) is -2.25. The summed E-state index contributed by atoms with van der Waals surface area (Å²) in [6.45, 7) is 0.286. The van der Waals surface area contributed by atoms with Crippen LogP contribution in [0.15, 0.2) is 42.5 Å². The Kier molecular flexibility index (Phi) is 5.89. The Morgan fingerprint density at radius 3 is 2.66 bits per heavy atom. The van der Waals surface area contributed by atoms with Crippen molar-refractivity contribution in [2.45, 2.75) is 24.7 Å². The van der Waals surface area contributed by atoms with Gasteiger partial charge in [-0.05, 0) is 48.1 Å². The summed E-state index contributed by atoms with van der Waals surface area (Å²) in [5.41, 5.74) is 0.449. The number of carbonyl (C=O) groups excluding carboxylic acids is 3. The second kappa shape index (κ2) is 8.50. The summed E-state index contributed by atoms with van der Waals surface area (Å²) in [6, 6.07) is 8.08. The first-order chi connectivity index (χ1) is 15.2. The molecule has 0 spiro atoms. The first-order valence-electron chi connectivity index (χ1n) is 9.91. The minimum atomic E-state index is -4.48. The van der Waals surface area contributed by atoms with Gasteiger partial charge in [0.2, 0.25) is 11.8 Å². The highest BCUT2D eigenvalue weighted by Gasteiger charge is 2.45. The van der Waals surface area contributed by atoms with Crippen LogP contribution in [-0.2, 0) is 15.8 Å². The van der Waals surface area contributed by atoms with Crippen molar-refractivity contribution in [3.05, 3.63) is 53.6 Å². The molecular formula is C22H20F3N3O3S. The molecule has 0 bridgehead atoms. The lowest BCUT2D eigenvalue weighted by Crippen LogP contribution is -2.51. The number of halogens is 3. The van der Waals surface area contributed by atoms with Gasteiger partial charge in [0.25, 0.3) is 5.91 Å². The van der Waals surface area contributed by atoms with Crippen LogP contribution < -0.4 is 10.6 Å². The van der Waals surface area contributed by atoms with Crippen molar-refractivity contribution in [2.24, 2.45) is 0 Å².